The molecule has 72 valence electrons. The molecule has 1 fully saturated rings. The van der Waals surface area contributed by atoms with Crippen LogP contribution in [0.25, 0.3) is 0 Å². The topological polar surface area (TPSA) is 13.7 Å². The van der Waals surface area contributed by atoms with Crippen molar-refractivity contribution in [2.45, 2.75) is 38.2 Å². The van der Waals surface area contributed by atoms with Crippen molar-refractivity contribution in [1.29, 1.82) is 0 Å². The molecule has 1 saturated carbocycles. The molecule has 0 unspecified atom stereocenters. The summed E-state index contributed by atoms with van der Waals surface area (Å²) >= 11 is 0. The lowest BCUT2D eigenvalue weighted by atomic mass is 9.98. The van der Waals surface area contributed by atoms with E-state index in [-0.39, 0.29) is 0 Å². The molecule has 2 heteroatoms. The van der Waals surface area contributed by atoms with Gasteiger partial charge in [-0.25, -0.2) is 0 Å². The molecule has 0 spiro atoms. The van der Waals surface area contributed by atoms with Crippen LogP contribution in [0.5, 0.6) is 0 Å². The second kappa shape index (κ2) is 5.55. The molecule has 1 N–H and O–H groups in total. The van der Waals surface area contributed by atoms with E-state index < -0.39 is 0 Å². The number of hydrogen-bond donors (Lipinski definition) is 1. The van der Waals surface area contributed by atoms with Crippen LogP contribution in [0.3, 0.4) is 0 Å². The van der Waals surface area contributed by atoms with Gasteiger partial charge in [-0.1, -0.05) is 19.3 Å². The summed E-state index contributed by atoms with van der Waals surface area (Å²) in [5, 5.41) is 0. The molecule has 0 saturated heterocycles. The van der Waals surface area contributed by atoms with E-state index in [0.29, 0.717) is 6.10 Å². The Morgan fingerprint density at radius 3 is 2.42 bits per heavy atom. The Morgan fingerprint density at radius 1 is 1.17 bits per heavy atom. The number of quaternary nitrogens is 1. The Balaban J connectivity index is 1.98. The number of hydrogen-bond acceptors (Lipinski definition) is 1. The van der Waals surface area contributed by atoms with Crippen LogP contribution < -0.4 is 4.90 Å². The molecular formula is C10H22NO+. The van der Waals surface area contributed by atoms with E-state index in [1.54, 1.807) is 0 Å². The molecule has 0 aliphatic heterocycles. The summed E-state index contributed by atoms with van der Waals surface area (Å²) in [5.41, 5.74) is 0. The number of likely N-dealkylation sites (N-methyl/N-ethyl adjacent to an activating group) is 1. The van der Waals surface area contributed by atoms with Crippen molar-refractivity contribution in [3.8, 4) is 0 Å². The minimum absolute atomic E-state index is 0.582. The molecule has 0 heterocycles. The van der Waals surface area contributed by atoms with Crippen LogP contribution in [0.2, 0.25) is 0 Å². The van der Waals surface area contributed by atoms with E-state index in [1.165, 1.54) is 37.0 Å². The highest BCUT2D eigenvalue weighted by atomic mass is 16.5. The normalized spacial score (nSPS) is 20.2. The van der Waals surface area contributed by atoms with E-state index in [4.69, 9.17) is 4.74 Å². The first-order chi connectivity index (χ1) is 5.79. The van der Waals surface area contributed by atoms with Crippen molar-refractivity contribution < 1.29 is 9.64 Å². The van der Waals surface area contributed by atoms with Gasteiger partial charge in [0.15, 0.2) is 0 Å². The first-order valence-electron chi connectivity index (χ1n) is 5.19. The largest absolute Gasteiger partial charge is 0.372 e. The molecule has 0 radical (unpaired) electrons. The highest BCUT2D eigenvalue weighted by molar-refractivity contribution is 4.64. The van der Waals surface area contributed by atoms with Gasteiger partial charge in [0.25, 0.3) is 0 Å². The third-order valence-electron chi connectivity index (χ3n) is 2.51. The van der Waals surface area contributed by atoms with E-state index in [1.807, 2.05) is 0 Å². The van der Waals surface area contributed by atoms with Crippen LogP contribution in [0.1, 0.15) is 32.1 Å². The molecule has 0 aromatic carbocycles. The van der Waals surface area contributed by atoms with Gasteiger partial charge in [0.2, 0.25) is 0 Å². The van der Waals surface area contributed by atoms with Crippen LogP contribution in [0.15, 0.2) is 0 Å². The molecule has 0 aromatic rings. The van der Waals surface area contributed by atoms with Crippen molar-refractivity contribution in [1.82, 2.24) is 0 Å². The van der Waals surface area contributed by atoms with Crippen LogP contribution >= 0.6 is 0 Å². The average Bonchev–Trinajstić information content (AvgIpc) is 2.05. The van der Waals surface area contributed by atoms with E-state index in [0.717, 1.165) is 13.2 Å². The van der Waals surface area contributed by atoms with Gasteiger partial charge in [-0.15, -0.1) is 0 Å². The van der Waals surface area contributed by atoms with Crippen molar-refractivity contribution in [2.75, 3.05) is 27.2 Å². The average molecular weight is 172 g/mol. The van der Waals surface area contributed by atoms with Gasteiger partial charge < -0.3 is 9.64 Å². The van der Waals surface area contributed by atoms with Gasteiger partial charge in [0.1, 0.15) is 6.54 Å². The number of ether oxygens (including phenoxy) is 1. The molecule has 2 nitrogen and oxygen atoms in total. The fourth-order valence-electron chi connectivity index (χ4n) is 1.66. The number of rotatable bonds is 4. The van der Waals surface area contributed by atoms with E-state index in [9.17, 15) is 0 Å². The summed E-state index contributed by atoms with van der Waals surface area (Å²) in [6.07, 6.45) is 7.33. The lowest BCUT2D eigenvalue weighted by Crippen LogP contribution is -3.06. The smallest absolute Gasteiger partial charge is 0.100 e. The molecule has 1 rings (SSSR count). The Labute approximate surface area is 75.9 Å². The Kier molecular flexibility index (Phi) is 4.62. The molecule has 0 amide bonds. The van der Waals surface area contributed by atoms with Gasteiger partial charge in [0, 0.05) is 0 Å². The van der Waals surface area contributed by atoms with Crippen molar-refractivity contribution >= 4 is 0 Å². The standard InChI is InChI=1S/C10H21NO/c1-11(2)8-9-12-10-6-4-3-5-7-10/h10H,3-9H2,1-2H3/p+1. The SMILES string of the molecule is C[NH+](C)CCOC1CCCCC1. The summed E-state index contributed by atoms with van der Waals surface area (Å²) in [6, 6.07) is 0. The first-order valence-corrected chi connectivity index (χ1v) is 5.19. The summed E-state index contributed by atoms with van der Waals surface area (Å²) < 4.78 is 5.77. The molecule has 1 aliphatic rings. The zero-order valence-corrected chi connectivity index (χ0v) is 8.44. The molecule has 0 atom stereocenters. The maximum absolute atomic E-state index is 5.77. The molecular weight excluding hydrogens is 150 g/mol. The van der Waals surface area contributed by atoms with Gasteiger partial charge in [-0.3, -0.25) is 0 Å². The third kappa shape index (κ3) is 4.07. The zero-order chi connectivity index (χ0) is 8.81. The third-order valence-corrected chi connectivity index (χ3v) is 2.51. The fraction of sp³-hybridized carbons (Fsp3) is 1.00. The highest BCUT2D eigenvalue weighted by Crippen LogP contribution is 2.19. The zero-order valence-electron chi connectivity index (χ0n) is 8.44. The minimum atomic E-state index is 0.582. The maximum Gasteiger partial charge on any atom is 0.100 e. The lowest BCUT2D eigenvalue weighted by Gasteiger charge is -2.22. The van der Waals surface area contributed by atoms with Crippen molar-refractivity contribution in [3.05, 3.63) is 0 Å². The van der Waals surface area contributed by atoms with E-state index in [2.05, 4.69) is 14.1 Å². The summed E-state index contributed by atoms with van der Waals surface area (Å²) in [6.45, 7) is 2.07. The van der Waals surface area contributed by atoms with Crippen LogP contribution in [0, 0.1) is 0 Å². The molecule has 12 heavy (non-hydrogen) atoms. The quantitative estimate of drug-likeness (QED) is 0.651. The molecule has 1 aliphatic carbocycles. The van der Waals surface area contributed by atoms with Gasteiger partial charge in [0.05, 0.1) is 26.8 Å². The van der Waals surface area contributed by atoms with Gasteiger partial charge in [-0.05, 0) is 12.8 Å². The van der Waals surface area contributed by atoms with Gasteiger partial charge >= 0.3 is 0 Å². The summed E-state index contributed by atoms with van der Waals surface area (Å²) in [7, 11) is 4.34. The number of nitrogens with one attached hydrogen (secondary N) is 1. The monoisotopic (exact) mass is 172 g/mol. The highest BCUT2D eigenvalue weighted by Gasteiger charge is 2.13. The van der Waals surface area contributed by atoms with Crippen LogP contribution in [-0.2, 0) is 4.74 Å². The van der Waals surface area contributed by atoms with E-state index >= 15 is 0 Å². The molecule has 0 bridgehead atoms. The Bertz CT molecular complexity index is 108. The minimum Gasteiger partial charge on any atom is -0.372 e. The Morgan fingerprint density at radius 2 is 1.83 bits per heavy atom. The lowest BCUT2D eigenvalue weighted by molar-refractivity contribution is -0.858. The second-order valence-electron chi connectivity index (χ2n) is 4.09. The molecule has 0 aromatic heterocycles. The first kappa shape index (κ1) is 10.0. The maximum atomic E-state index is 5.77. The van der Waals surface area contributed by atoms with Crippen LogP contribution in [0.4, 0.5) is 0 Å². The van der Waals surface area contributed by atoms with Crippen LogP contribution in [-0.4, -0.2) is 33.4 Å². The van der Waals surface area contributed by atoms with Crippen molar-refractivity contribution in [2.24, 2.45) is 0 Å². The van der Waals surface area contributed by atoms with Crippen molar-refractivity contribution in [3.63, 3.8) is 0 Å². The second-order valence-corrected chi connectivity index (χ2v) is 4.09. The Hall–Kier alpha value is -0.0800. The fourth-order valence-corrected chi connectivity index (χ4v) is 1.66. The predicted octanol–water partition coefficient (Wildman–Crippen LogP) is 0.480. The summed E-state index contributed by atoms with van der Waals surface area (Å²) in [4.78, 5) is 1.48. The van der Waals surface area contributed by atoms with Gasteiger partial charge in [-0.2, -0.15) is 0 Å². The predicted molar refractivity (Wildman–Crippen MR) is 50.5 cm³/mol. The summed E-state index contributed by atoms with van der Waals surface area (Å²) in [5.74, 6) is 0.